The van der Waals surface area contributed by atoms with Crippen LogP contribution in [0.4, 0.5) is 13.9 Å². The molecular formula is C18H14F2N4S. The minimum atomic E-state index is -0.983. The van der Waals surface area contributed by atoms with E-state index < -0.39 is 17.5 Å². The van der Waals surface area contributed by atoms with Crippen molar-refractivity contribution in [2.24, 2.45) is 0 Å². The number of hydrogen-bond donors (Lipinski definition) is 0. The van der Waals surface area contributed by atoms with Gasteiger partial charge in [-0.1, -0.05) is 11.3 Å². The number of halogens is 2. The standard InChI is InChI=1S/C18H14F2N4S/c1-24(17-23-14-7-11(10-21)4-5-15(14)25-17)18(8-12(19)9-18)16-13(20)3-2-6-22-16/h2-7,12H,8-9H2,1H3. The Hall–Kier alpha value is -2.59. The van der Waals surface area contributed by atoms with Gasteiger partial charge in [0, 0.05) is 26.1 Å². The van der Waals surface area contributed by atoms with E-state index in [9.17, 15) is 8.78 Å². The molecule has 0 N–H and O–H groups in total. The average Bonchev–Trinajstić information content (AvgIpc) is 3.01. The monoisotopic (exact) mass is 356 g/mol. The van der Waals surface area contributed by atoms with Gasteiger partial charge in [0.1, 0.15) is 17.7 Å². The van der Waals surface area contributed by atoms with Gasteiger partial charge in [-0.05, 0) is 30.3 Å². The minimum absolute atomic E-state index is 0.177. The van der Waals surface area contributed by atoms with Gasteiger partial charge in [-0.25, -0.2) is 13.8 Å². The quantitative estimate of drug-likeness (QED) is 0.707. The molecule has 0 aliphatic heterocycles. The fraction of sp³-hybridized carbons (Fsp3) is 0.278. The fourth-order valence-corrected chi connectivity index (χ4v) is 4.34. The van der Waals surface area contributed by atoms with Crippen molar-refractivity contribution < 1.29 is 8.78 Å². The van der Waals surface area contributed by atoms with Gasteiger partial charge in [0.25, 0.3) is 0 Å². The molecule has 1 aromatic carbocycles. The molecule has 3 aromatic rings. The van der Waals surface area contributed by atoms with Gasteiger partial charge in [0.2, 0.25) is 0 Å². The molecule has 7 heteroatoms. The summed E-state index contributed by atoms with van der Waals surface area (Å²) in [5.41, 5.74) is 0.656. The van der Waals surface area contributed by atoms with Crippen LogP contribution in [0.3, 0.4) is 0 Å². The molecule has 0 saturated heterocycles. The summed E-state index contributed by atoms with van der Waals surface area (Å²) in [6.07, 6.45) is 0.897. The van der Waals surface area contributed by atoms with Gasteiger partial charge in [0.15, 0.2) is 5.13 Å². The van der Waals surface area contributed by atoms with Gasteiger partial charge in [-0.2, -0.15) is 5.26 Å². The first kappa shape index (κ1) is 15.9. The van der Waals surface area contributed by atoms with E-state index in [0.717, 1.165) is 4.70 Å². The van der Waals surface area contributed by atoms with E-state index in [0.29, 0.717) is 16.2 Å². The molecule has 2 aromatic heterocycles. The molecule has 0 radical (unpaired) electrons. The number of nitriles is 1. The number of aromatic nitrogens is 2. The Balaban J connectivity index is 1.79. The molecule has 0 bridgehead atoms. The highest BCUT2D eigenvalue weighted by Gasteiger charge is 2.52. The zero-order valence-electron chi connectivity index (χ0n) is 13.4. The van der Waals surface area contributed by atoms with Crippen LogP contribution in [0.1, 0.15) is 24.1 Å². The van der Waals surface area contributed by atoms with Crippen molar-refractivity contribution in [2.75, 3.05) is 11.9 Å². The number of anilines is 1. The summed E-state index contributed by atoms with van der Waals surface area (Å²) in [4.78, 5) is 10.6. The predicted molar refractivity (Wildman–Crippen MR) is 92.7 cm³/mol. The maximum atomic E-state index is 14.3. The molecule has 0 atom stereocenters. The third-order valence-electron chi connectivity index (χ3n) is 4.75. The molecular weight excluding hydrogens is 342 g/mol. The normalized spacial score (nSPS) is 22.4. The number of hydrogen-bond acceptors (Lipinski definition) is 5. The molecule has 4 nitrogen and oxygen atoms in total. The number of pyridine rings is 1. The summed E-state index contributed by atoms with van der Waals surface area (Å²) in [6.45, 7) is 0. The van der Waals surface area contributed by atoms with E-state index in [2.05, 4.69) is 16.0 Å². The lowest BCUT2D eigenvalue weighted by Crippen LogP contribution is -2.55. The van der Waals surface area contributed by atoms with Crippen molar-refractivity contribution in [3.05, 3.63) is 53.6 Å². The number of nitrogens with zero attached hydrogens (tertiary/aromatic N) is 4. The number of alkyl halides is 1. The van der Waals surface area contributed by atoms with Crippen LogP contribution in [0, 0.1) is 17.1 Å². The highest BCUT2D eigenvalue weighted by atomic mass is 32.1. The molecule has 2 heterocycles. The first-order chi connectivity index (χ1) is 12.0. The van der Waals surface area contributed by atoms with Gasteiger partial charge in [-0.3, -0.25) is 4.98 Å². The van der Waals surface area contributed by atoms with E-state index in [4.69, 9.17) is 5.26 Å². The molecule has 1 aliphatic rings. The van der Waals surface area contributed by atoms with E-state index in [1.165, 1.54) is 29.7 Å². The van der Waals surface area contributed by atoms with E-state index in [-0.39, 0.29) is 18.5 Å². The van der Waals surface area contributed by atoms with Crippen molar-refractivity contribution >= 4 is 26.7 Å². The molecule has 0 spiro atoms. The first-order valence-corrected chi connectivity index (χ1v) is 8.65. The predicted octanol–water partition coefficient (Wildman–Crippen LogP) is 4.17. The fourth-order valence-electron chi connectivity index (χ4n) is 3.34. The lowest BCUT2D eigenvalue weighted by atomic mass is 9.71. The topological polar surface area (TPSA) is 52.8 Å². The maximum Gasteiger partial charge on any atom is 0.186 e. The summed E-state index contributed by atoms with van der Waals surface area (Å²) >= 11 is 1.44. The average molecular weight is 356 g/mol. The second-order valence-corrected chi connectivity index (χ2v) is 7.23. The van der Waals surface area contributed by atoms with Gasteiger partial charge in [-0.15, -0.1) is 0 Å². The zero-order chi connectivity index (χ0) is 17.6. The van der Waals surface area contributed by atoms with E-state index in [1.54, 1.807) is 19.2 Å². The molecule has 1 aliphatic carbocycles. The summed E-state index contributed by atoms with van der Waals surface area (Å²) < 4.78 is 29.1. The van der Waals surface area contributed by atoms with Gasteiger partial charge < -0.3 is 4.90 Å². The van der Waals surface area contributed by atoms with E-state index >= 15 is 0 Å². The van der Waals surface area contributed by atoms with Crippen LogP contribution in [0.5, 0.6) is 0 Å². The lowest BCUT2D eigenvalue weighted by Gasteiger charge is -2.49. The van der Waals surface area contributed by atoms with Gasteiger partial charge >= 0.3 is 0 Å². The van der Waals surface area contributed by atoms with Crippen molar-refractivity contribution in [2.45, 2.75) is 24.6 Å². The highest BCUT2D eigenvalue weighted by Crippen LogP contribution is 2.50. The smallest absolute Gasteiger partial charge is 0.186 e. The minimum Gasteiger partial charge on any atom is -0.339 e. The first-order valence-electron chi connectivity index (χ1n) is 7.83. The SMILES string of the molecule is CN(c1nc2cc(C#N)ccc2s1)C1(c2ncccc2F)CC(F)C1. The van der Waals surface area contributed by atoms with Crippen molar-refractivity contribution in [1.29, 1.82) is 5.26 Å². The van der Waals surface area contributed by atoms with Crippen LogP contribution in [0.25, 0.3) is 10.2 Å². The largest absolute Gasteiger partial charge is 0.339 e. The Bertz CT molecular complexity index is 988. The maximum absolute atomic E-state index is 14.3. The second-order valence-electron chi connectivity index (χ2n) is 6.22. The van der Waals surface area contributed by atoms with Crippen LogP contribution in [0.15, 0.2) is 36.5 Å². The zero-order valence-corrected chi connectivity index (χ0v) is 14.2. The van der Waals surface area contributed by atoms with Gasteiger partial charge in [0.05, 0.1) is 27.4 Å². The van der Waals surface area contributed by atoms with E-state index in [1.807, 2.05) is 11.0 Å². The Kier molecular flexibility index (Phi) is 3.65. The number of thiazole rings is 1. The lowest BCUT2D eigenvalue weighted by molar-refractivity contribution is 0.0871. The summed E-state index contributed by atoms with van der Waals surface area (Å²) in [7, 11) is 1.79. The Morgan fingerprint density at radius 3 is 2.84 bits per heavy atom. The Labute approximate surface area is 147 Å². The molecule has 25 heavy (non-hydrogen) atoms. The number of rotatable bonds is 3. The molecule has 126 valence electrons. The molecule has 4 rings (SSSR count). The van der Waals surface area contributed by atoms with Crippen LogP contribution in [0.2, 0.25) is 0 Å². The Morgan fingerprint density at radius 1 is 1.36 bits per heavy atom. The third kappa shape index (κ3) is 2.45. The molecule has 0 unspecified atom stereocenters. The summed E-state index contributed by atoms with van der Waals surface area (Å²) in [5.74, 6) is -0.436. The number of fused-ring (bicyclic) bond motifs is 1. The van der Waals surface area contributed by atoms with Crippen LogP contribution in [-0.4, -0.2) is 23.2 Å². The summed E-state index contributed by atoms with van der Waals surface area (Å²) in [6, 6.07) is 10.3. The third-order valence-corrected chi connectivity index (χ3v) is 5.86. The van der Waals surface area contributed by atoms with Crippen LogP contribution in [-0.2, 0) is 5.54 Å². The number of benzene rings is 1. The van der Waals surface area contributed by atoms with Crippen molar-refractivity contribution in [1.82, 2.24) is 9.97 Å². The van der Waals surface area contributed by atoms with Crippen molar-refractivity contribution in [3.8, 4) is 6.07 Å². The second kappa shape index (κ2) is 5.74. The van der Waals surface area contributed by atoms with Crippen LogP contribution >= 0.6 is 11.3 Å². The molecule has 1 saturated carbocycles. The molecule has 1 fully saturated rings. The Morgan fingerprint density at radius 2 is 2.16 bits per heavy atom. The van der Waals surface area contributed by atoms with Crippen LogP contribution < -0.4 is 4.90 Å². The highest BCUT2D eigenvalue weighted by molar-refractivity contribution is 7.22. The molecule has 0 amide bonds. The van der Waals surface area contributed by atoms with Crippen molar-refractivity contribution in [3.63, 3.8) is 0 Å². The summed E-state index contributed by atoms with van der Waals surface area (Å²) in [5, 5.41) is 9.68.